The molecule has 0 radical (unpaired) electrons. The number of benzene rings is 2. The Kier molecular flexibility index (Phi) is 7.29. The van der Waals surface area contributed by atoms with Crippen LogP contribution in [0.4, 0.5) is 0 Å². The zero-order chi connectivity index (χ0) is 24.9. The molecule has 2 aliphatic carbocycles. The number of allylic oxidation sites excluding steroid dienone is 2. The summed E-state index contributed by atoms with van der Waals surface area (Å²) >= 11 is 0. The molecule has 4 rings (SSSR count). The largest absolute Gasteiger partial charge is 0.497 e. The van der Waals surface area contributed by atoms with Gasteiger partial charge in [-0.1, -0.05) is 12.2 Å². The standard InChI is InChI=1S/C27H26O8/c1-32-20-9-5-16(6-10-20)22(28)14-34-26(30)24-18-3-4-19(13-18)25(24)27(31)35-15-23(29)17-7-11-21(33-2)12-8-17/h3-12,18-19,24-25H,13-15H2,1-2H3. The highest BCUT2D eigenvalue weighted by Gasteiger charge is 2.53. The van der Waals surface area contributed by atoms with Gasteiger partial charge in [-0.2, -0.15) is 0 Å². The van der Waals surface area contributed by atoms with Crippen LogP contribution in [0.15, 0.2) is 60.7 Å². The molecular formula is C27H26O8. The van der Waals surface area contributed by atoms with Crippen LogP contribution >= 0.6 is 0 Å². The Hall–Kier alpha value is -3.94. The van der Waals surface area contributed by atoms with Crippen molar-refractivity contribution in [1.29, 1.82) is 0 Å². The van der Waals surface area contributed by atoms with Gasteiger partial charge in [-0.15, -0.1) is 0 Å². The molecule has 0 saturated heterocycles. The number of methoxy groups -OCH3 is 2. The monoisotopic (exact) mass is 478 g/mol. The Bertz CT molecular complexity index is 1040. The summed E-state index contributed by atoms with van der Waals surface area (Å²) in [7, 11) is 3.05. The molecule has 0 heterocycles. The first-order chi connectivity index (χ1) is 16.9. The van der Waals surface area contributed by atoms with Crippen molar-refractivity contribution in [2.24, 2.45) is 23.7 Å². The molecule has 1 saturated carbocycles. The number of carbonyl (C=O) groups is 4. The lowest BCUT2D eigenvalue weighted by atomic mass is 9.83. The normalized spacial score (nSPS) is 21.9. The molecule has 182 valence electrons. The van der Waals surface area contributed by atoms with E-state index in [1.165, 1.54) is 14.2 Å². The van der Waals surface area contributed by atoms with Crippen LogP contribution in [0.5, 0.6) is 11.5 Å². The molecule has 1 fully saturated rings. The van der Waals surface area contributed by atoms with Crippen molar-refractivity contribution >= 4 is 23.5 Å². The number of fused-ring (bicyclic) bond motifs is 2. The Morgan fingerprint density at radius 3 is 1.37 bits per heavy atom. The fourth-order valence-electron chi connectivity index (χ4n) is 4.65. The number of hydrogen-bond donors (Lipinski definition) is 0. The van der Waals surface area contributed by atoms with Crippen molar-refractivity contribution in [3.63, 3.8) is 0 Å². The second-order valence-corrected chi connectivity index (χ2v) is 8.52. The van der Waals surface area contributed by atoms with Crippen molar-refractivity contribution in [2.75, 3.05) is 27.4 Å². The summed E-state index contributed by atoms with van der Waals surface area (Å²) in [5, 5.41) is 0. The maximum Gasteiger partial charge on any atom is 0.310 e. The van der Waals surface area contributed by atoms with E-state index in [1.54, 1.807) is 48.5 Å². The van der Waals surface area contributed by atoms with Gasteiger partial charge in [-0.25, -0.2) is 0 Å². The first kappa shape index (κ1) is 24.2. The Morgan fingerprint density at radius 1 is 0.657 bits per heavy atom. The van der Waals surface area contributed by atoms with Crippen LogP contribution in [0.2, 0.25) is 0 Å². The van der Waals surface area contributed by atoms with Crippen LogP contribution in [-0.2, 0) is 19.1 Å². The van der Waals surface area contributed by atoms with E-state index in [0.717, 1.165) is 0 Å². The number of hydrogen-bond acceptors (Lipinski definition) is 8. The smallest absolute Gasteiger partial charge is 0.310 e. The van der Waals surface area contributed by atoms with Gasteiger partial charge in [0, 0.05) is 11.1 Å². The second-order valence-electron chi connectivity index (χ2n) is 8.52. The van der Waals surface area contributed by atoms with Crippen LogP contribution < -0.4 is 9.47 Å². The van der Waals surface area contributed by atoms with Gasteiger partial charge < -0.3 is 18.9 Å². The summed E-state index contributed by atoms with van der Waals surface area (Å²) in [5.41, 5.74) is 0.777. The predicted octanol–water partition coefficient (Wildman–Crippen LogP) is 3.29. The highest BCUT2D eigenvalue weighted by Crippen LogP contribution is 2.49. The van der Waals surface area contributed by atoms with E-state index in [-0.39, 0.29) is 23.4 Å². The van der Waals surface area contributed by atoms with Crippen LogP contribution in [0, 0.1) is 23.7 Å². The van der Waals surface area contributed by atoms with Crippen molar-refractivity contribution in [1.82, 2.24) is 0 Å². The van der Waals surface area contributed by atoms with Crippen molar-refractivity contribution in [2.45, 2.75) is 6.42 Å². The van der Waals surface area contributed by atoms with E-state index in [4.69, 9.17) is 18.9 Å². The number of ether oxygens (including phenoxy) is 4. The zero-order valence-electron chi connectivity index (χ0n) is 19.5. The summed E-state index contributed by atoms with van der Waals surface area (Å²) < 4.78 is 20.8. The fourth-order valence-corrected chi connectivity index (χ4v) is 4.65. The Morgan fingerprint density at radius 2 is 1.03 bits per heavy atom. The number of carbonyl (C=O) groups excluding carboxylic acids is 4. The summed E-state index contributed by atoms with van der Waals surface area (Å²) in [4.78, 5) is 50.6. The number of Topliss-reactive ketones (excluding diaryl/α,β-unsaturated/α-hetero) is 2. The number of esters is 2. The summed E-state index contributed by atoms with van der Waals surface area (Å²) in [6, 6.07) is 13.0. The van der Waals surface area contributed by atoms with E-state index >= 15 is 0 Å². The maximum atomic E-state index is 12.9. The lowest BCUT2D eigenvalue weighted by Gasteiger charge is -2.24. The SMILES string of the molecule is COc1ccc(C(=O)COC(=O)C2C3C=CC(C3)C2C(=O)OCC(=O)c2ccc(OC)cc2)cc1. The first-order valence-electron chi connectivity index (χ1n) is 11.3. The Balaban J connectivity index is 1.35. The molecule has 35 heavy (non-hydrogen) atoms. The van der Waals surface area contributed by atoms with Gasteiger partial charge in [0.15, 0.2) is 24.8 Å². The lowest BCUT2D eigenvalue weighted by molar-refractivity contribution is -0.160. The predicted molar refractivity (Wildman–Crippen MR) is 124 cm³/mol. The molecule has 2 aromatic rings. The molecule has 0 aromatic heterocycles. The molecule has 0 aliphatic heterocycles. The molecule has 4 unspecified atom stereocenters. The molecule has 0 N–H and O–H groups in total. The van der Waals surface area contributed by atoms with Crippen molar-refractivity contribution < 1.29 is 38.1 Å². The molecule has 2 bridgehead atoms. The van der Waals surface area contributed by atoms with Gasteiger partial charge in [0.1, 0.15) is 11.5 Å². The zero-order valence-corrected chi connectivity index (χ0v) is 19.5. The van der Waals surface area contributed by atoms with E-state index in [2.05, 4.69) is 0 Å². The minimum atomic E-state index is -0.753. The lowest BCUT2D eigenvalue weighted by Crippen LogP contribution is -2.36. The molecule has 0 spiro atoms. The molecule has 0 amide bonds. The fraction of sp³-hybridized carbons (Fsp3) is 0.333. The van der Waals surface area contributed by atoms with E-state index in [0.29, 0.717) is 29.0 Å². The van der Waals surface area contributed by atoms with Crippen LogP contribution in [-0.4, -0.2) is 50.9 Å². The van der Waals surface area contributed by atoms with E-state index in [9.17, 15) is 19.2 Å². The second kappa shape index (κ2) is 10.5. The van der Waals surface area contributed by atoms with Gasteiger partial charge in [0.05, 0.1) is 26.1 Å². The van der Waals surface area contributed by atoms with E-state index < -0.39 is 37.0 Å². The summed E-state index contributed by atoms with van der Waals surface area (Å²) in [6.07, 6.45) is 4.42. The van der Waals surface area contributed by atoms with Crippen molar-refractivity contribution in [3.05, 3.63) is 71.8 Å². The number of rotatable bonds is 10. The molecule has 2 aromatic carbocycles. The maximum absolute atomic E-state index is 12.9. The van der Waals surface area contributed by atoms with Gasteiger partial charge in [-0.3, -0.25) is 19.2 Å². The Labute approximate surface area is 202 Å². The topological polar surface area (TPSA) is 105 Å². The van der Waals surface area contributed by atoms with E-state index in [1.807, 2.05) is 12.2 Å². The third kappa shape index (κ3) is 5.26. The summed E-state index contributed by atoms with van der Waals surface area (Å²) in [6.45, 7) is -0.860. The van der Waals surface area contributed by atoms with Gasteiger partial charge in [0.2, 0.25) is 0 Å². The minimum absolute atomic E-state index is 0.168. The van der Waals surface area contributed by atoms with Gasteiger partial charge in [0.25, 0.3) is 0 Å². The van der Waals surface area contributed by atoms with Crippen molar-refractivity contribution in [3.8, 4) is 11.5 Å². The van der Waals surface area contributed by atoms with Crippen LogP contribution in [0.3, 0.4) is 0 Å². The number of ketones is 2. The molecule has 8 nitrogen and oxygen atoms in total. The average molecular weight is 478 g/mol. The summed E-state index contributed by atoms with van der Waals surface area (Å²) in [5.74, 6) is -2.57. The molecule has 8 heteroatoms. The average Bonchev–Trinajstić information content (AvgIpc) is 3.52. The highest BCUT2D eigenvalue weighted by atomic mass is 16.5. The third-order valence-corrected chi connectivity index (χ3v) is 6.52. The quantitative estimate of drug-likeness (QED) is 0.291. The van der Waals surface area contributed by atoms with Gasteiger partial charge in [-0.05, 0) is 66.8 Å². The minimum Gasteiger partial charge on any atom is -0.497 e. The molecule has 4 atom stereocenters. The van der Waals surface area contributed by atoms with Crippen LogP contribution in [0.1, 0.15) is 27.1 Å². The highest BCUT2D eigenvalue weighted by molar-refractivity contribution is 5.99. The first-order valence-corrected chi connectivity index (χ1v) is 11.3. The molecule has 2 aliphatic rings. The van der Waals surface area contributed by atoms with Gasteiger partial charge >= 0.3 is 11.9 Å². The molecular weight excluding hydrogens is 452 g/mol. The third-order valence-electron chi connectivity index (χ3n) is 6.52. The van der Waals surface area contributed by atoms with Crippen LogP contribution in [0.25, 0.3) is 0 Å².